The summed E-state index contributed by atoms with van der Waals surface area (Å²) in [5.74, 6) is 0.742. The molecule has 1 amide bonds. The number of amides is 1. The van der Waals surface area contributed by atoms with E-state index in [1.54, 1.807) is 6.20 Å². The van der Waals surface area contributed by atoms with Gasteiger partial charge in [-0.25, -0.2) is 0 Å². The maximum atomic E-state index is 13.1. The summed E-state index contributed by atoms with van der Waals surface area (Å²) < 4.78 is 5.87. The monoisotopic (exact) mass is 355 g/mol. The van der Waals surface area contributed by atoms with Crippen molar-refractivity contribution in [3.05, 3.63) is 41.6 Å². The fourth-order valence-corrected chi connectivity index (χ4v) is 3.47. The molecular formula is C21H29N3O2. The molecule has 1 N–H and O–H groups in total. The molecule has 0 saturated carbocycles. The second-order valence-corrected chi connectivity index (χ2v) is 7.60. The average Bonchev–Trinajstić information content (AvgIpc) is 3.11. The molecule has 1 aliphatic heterocycles. The average molecular weight is 355 g/mol. The molecule has 0 radical (unpaired) electrons. The Labute approximate surface area is 155 Å². The van der Waals surface area contributed by atoms with Crippen molar-refractivity contribution in [1.29, 1.82) is 0 Å². The lowest BCUT2D eigenvalue weighted by Crippen LogP contribution is -2.45. The molecule has 5 heteroatoms. The number of hydrogen-bond donors (Lipinski definition) is 1. The molecule has 0 aliphatic carbocycles. The van der Waals surface area contributed by atoms with E-state index in [1.807, 2.05) is 30.0 Å². The summed E-state index contributed by atoms with van der Waals surface area (Å²) in [5.41, 5.74) is 3.58. The number of carbonyl (C=O) groups is 1. The lowest BCUT2D eigenvalue weighted by molar-refractivity contribution is -0.0259. The van der Waals surface area contributed by atoms with Crippen LogP contribution in [0.2, 0.25) is 0 Å². The van der Waals surface area contributed by atoms with E-state index in [0.29, 0.717) is 31.2 Å². The van der Waals surface area contributed by atoms with Gasteiger partial charge in [-0.2, -0.15) is 5.10 Å². The molecule has 1 aliphatic rings. The number of benzene rings is 1. The Morgan fingerprint density at radius 1 is 1.42 bits per heavy atom. The largest absolute Gasteiger partial charge is 0.375 e. The Morgan fingerprint density at radius 2 is 2.27 bits per heavy atom. The van der Waals surface area contributed by atoms with Crippen LogP contribution in [0, 0.1) is 12.8 Å². The SMILES string of the molecule is Cc1cccc(-c2[nH]ncc2C(=O)N2CCO[C@@H](CCCC(C)C)C2)c1. The quantitative estimate of drug-likeness (QED) is 0.850. The highest BCUT2D eigenvalue weighted by molar-refractivity contribution is 5.99. The van der Waals surface area contributed by atoms with E-state index < -0.39 is 0 Å². The van der Waals surface area contributed by atoms with Crippen molar-refractivity contribution in [3.63, 3.8) is 0 Å². The van der Waals surface area contributed by atoms with Gasteiger partial charge in [-0.05, 0) is 25.3 Å². The van der Waals surface area contributed by atoms with Crippen LogP contribution >= 0.6 is 0 Å². The smallest absolute Gasteiger partial charge is 0.257 e. The first-order chi connectivity index (χ1) is 12.5. The zero-order chi connectivity index (χ0) is 18.5. The highest BCUT2D eigenvalue weighted by Gasteiger charge is 2.27. The normalized spacial score (nSPS) is 17.7. The fraction of sp³-hybridized carbons (Fsp3) is 0.524. The topological polar surface area (TPSA) is 58.2 Å². The van der Waals surface area contributed by atoms with E-state index in [2.05, 4.69) is 30.1 Å². The number of H-pyrrole nitrogens is 1. The second kappa shape index (κ2) is 8.49. The van der Waals surface area contributed by atoms with Crippen LogP contribution in [-0.2, 0) is 4.74 Å². The summed E-state index contributed by atoms with van der Waals surface area (Å²) in [7, 11) is 0. The van der Waals surface area contributed by atoms with Crippen molar-refractivity contribution in [3.8, 4) is 11.3 Å². The second-order valence-electron chi connectivity index (χ2n) is 7.60. The Hall–Kier alpha value is -2.14. The Balaban J connectivity index is 1.69. The minimum absolute atomic E-state index is 0.0346. The maximum absolute atomic E-state index is 13.1. The maximum Gasteiger partial charge on any atom is 0.257 e. The molecule has 2 heterocycles. The molecule has 0 bridgehead atoms. The van der Waals surface area contributed by atoms with Crippen molar-refractivity contribution in [2.45, 2.75) is 46.1 Å². The van der Waals surface area contributed by atoms with E-state index in [9.17, 15) is 4.79 Å². The van der Waals surface area contributed by atoms with Crippen LogP contribution in [0.25, 0.3) is 11.3 Å². The minimum Gasteiger partial charge on any atom is -0.375 e. The van der Waals surface area contributed by atoms with Crippen LogP contribution in [-0.4, -0.2) is 46.8 Å². The first kappa shape index (κ1) is 18.6. The highest BCUT2D eigenvalue weighted by atomic mass is 16.5. The van der Waals surface area contributed by atoms with E-state index >= 15 is 0 Å². The van der Waals surface area contributed by atoms with Gasteiger partial charge in [0.25, 0.3) is 5.91 Å². The van der Waals surface area contributed by atoms with Gasteiger partial charge in [0.05, 0.1) is 30.2 Å². The molecule has 1 fully saturated rings. The number of carbonyl (C=O) groups excluding carboxylic acids is 1. The van der Waals surface area contributed by atoms with Gasteiger partial charge < -0.3 is 9.64 Å². The molecule has 1 aromatic heterocycles. The summed E-state index contributed by atoms with van der Waals surface area (Å²) in [6, 6.07) is 8.12. The van der Waals surface area contributed by atoms with Gasteiger partial charge >= 0.3 is 0 Å². The molecule has 140 valence electrons. The molecule has 1 atom stereocenters. The van der Waals surface area contributed by atoms with Crippen molar-refractivity contribution < 1.29 is 9.53 Å². The van der Waals surface area contributed by atoms with Crippen LogP contribution in [0.15, 0.2) is 30.5 Å². The Kier molecular flexibility index (Phi) is 6.09. The predicted octanol–water partition coefficient (Wildman–Crippen LogP) is 4.05. The van der Waals surface area contributed by atoms with Crippen LogP contribution in [0.3, 0.4) is 0 Å². The predicted molar refractivity (Wildman–Crippen MR) is 103 cm³/mol. The first-order valence-electron chi connectivity index (χ1n) is 9.56. The van der Waals surface area contributed by atoms with E-state index in [4.69, 9.17) is 4.74 Å². The van der Waals surface area contributed by atoms with Crippen molar-refractivity contribution in [1.82, 2.24) is 15.1 Å². The number of aromatic nitrogens is 2. The van der Waals surface area contributed by atoms with Gasteiger partial charge in [0.2, 0.25) is 0 Å². The van der Waals surface area contributed by atoms with Gasteiger partial charge in [0.15, 0.2) is 0 Å². The van der Waals surface area contributed by atoms with Crippen LogP contribution in [0.4, 0.5) is 0 Å². The van der Waals surface area contributed by atoms with Crippen LogP contribution in [0.1, 0.15) is 49.0 Å². The molecular weight excluding hydrogens is 326 g/mol. The third-order valence-corrected chi connectivity index (χ3v) is 4.91. The molecule has 0 spiro atoms. The molecule has 26 heavy (non-hydrogen) atoms. The summed E-state index contributed by atoms with van der Waals surface area (Å²) in [6.07, 6.45) is 5.14. The van der Waals surface area contributed by atoms with Gasteiger partial charge in [-0.1, -0.05) is 50.5 Å². The van der Waals surface area contributed by atoms with Crippen molar-refractivity contribution in [2.24, 2.45) is 5.92 Å². The molecule has 3 rings (SSSR count). The van der Waals surface area contributed by atoms with Crippen molar-refractivity contribution >= 4 is 5.91 Å². The third kappa shape index (κ3) is 4.52. The summed E-state index contributed by atoms with van der Waals surface area (Å²) in [5, 5.41) is 7.13. The number of hydrogen-bond acceptors (Lipinski definition) is 3. The van der Waals surface area contributed by atoms with Gasteiger partial charge in [0.1, 0.15) is 0 Å². The highest BCUT2D eigenvalue weighted by Crippen LogP contribution is 2.24. The number of nitrogens with one attached hydrogen (secondary N) is 1. The van der Waals surface area contributed by atoms with Crippen LogP contribution in [0.5, 0.6) is 0 Å². The summed E-state index contributed by atoms with van der Waals surface area (Å²) in [4.78, 5) is 15.0. The standard InChI is InChI=1S/C21H29N3O2/c1-15(2)6-4-9-18-14-24(10-11-26-18)21(25)19-13-22-23-20(19)17-8-5-7-16(3)12-17/h5,7-8,12-13,15,18H,4,6,9-11,14H2,1-3H3,(H,22,23)/t18-/m0/s1. The third-order valence-electron chi connectivity index (χ3n) is 4.91. The lowest BCUT2D eigenvalue weighted by atomic mass is 10.0. The molecule has 1 aromatic carbocycles. The number of aryl methyl sites for hydroxylation is 1. The summed E-state index contributed by atoms with van der Waals surface area (Å²) >= 11 is 0. The fourth-order valence-electron chi connectivity index (χ4n) is 3.47. The molecule has 5 nitrogen and oxygen atoms in total. The van der Waals surface area contributed by atoms with E-state index in [0.717, 1.165) is 29.7 Å². The number of nitrogens with zero attached hydrogens (tertiary/aromatic N) is 2. The first-order valence-corrected chi connectivity index (χ1v) is 9.56. The zero-order valence-corrected chi connectivity index (χ0v) is 16.0. The molecule has 2 aromatic rings. The number of rotatable bonds is 6. The van der Waals surface area contributed by atoms with Gasteiger partial charge in [0, 0.05) is 18.7 Å². The Bertz CT molecular complexity index is 738. The van der Waals surface area contributed by atoms with Crippen LogP contribution < -0.4 is 0 Å². The van der Waals surface area contributed by atoms with Crippen molar-refractivity contribution in [2.75, 3.05) is 19.7 Å². The molecule has 0 unspecified atom stereocenters. The molecule has 1 saturated heterocycles. The number of morpholine rings is 1. The van der Waals surface area contributed by atoms with E-state index in [1.165, 1.54) is 6.42 Å². The van der Waals surface area contributed by atoms with Gasteiger partial charge in [-0.15, -0.1) is 0 Å². The minimum atomic E-state index is 0.0346. The lowest BCUT2D eigenvalue weighted by Gasteiger charge is -2.33. The zero-order valence-electron chi connectivity index (χ0n) is 16.0. The van der Waals surface area contributed by atoms with Gasteiger partial charge in [-0.3, -0.25) is 9.89 Å². The number of ether oxygens (including phenoxy) is 1. The van der Waals surface area contributed by atoms with E-state index in [-0.39, 0.29) is 12.0 Å². The Morgan fingerprint density at radius 3 is 3.04 bits per heavy atom. The summed E-state index contributed by atoms with van der Waals surface area (Å²) in [6.45, 7) is 8.43. The number of aromatic amines is 1.